The van der Waals surface area contributed by atoms with Crippen LogP contribution >= 0.6 is 0 Å². The van der Waals surface area contributed by atoms with Crippen LogP contribution in [0.2, 0.25) is 0 Å². The fourth-order valence-electron chi connectivity index (χ4n) is 1.98. The summed E-state index contributed by atoms with van der Waals surface area (Å²) in [5.41, 5.74) is 9.87. The Kier molecular flexibility index (Phi) is 2.78. The first-order valence-corrected chi connectivity index (χ1v) is 5.33. The minimum absolute atomic E-state index is 0.167. The lowest BCUT2D eigenvalue weighted by atomic mass is 9.89. The van der Waals surface area contributed by atoms with Crippen molar-refractivity contribution in [3.63, 3.8) is 0 Å². The number of hydrogen-bond donors (Lipinski definition) is 1. The van der Waals surface area contributed by atoms with Gasteiger partial charge < -0.3 is 10.5 Å². The van der Waals surface area contributed by atoms with E-state index in [-0.39, 0.29) is 6.04 Å². The molecule has 0 saturated heterocycles. The molecule has 0 heterocycles. The molecule has 1 aliphatic carbocycles. The largest absolute Gasteiger partial charge is 0.497 e. The summed E-state index contributed by atoms with van der Waals surface area (Å²) >= 11 is 0. The van der Waals surface area contributed by atoms with Crippen molar-refractivity contribution in [2.75, 3.05) is 7.11 Å². The number of rotatable bonds is 2. The number of aryl methyl sites for hydroxylation is 1. The van der Waals surface area contributed by atoms with Gasteiger partial charge >= 0.3 is 0 Å². The highest BCUT2D eigenvalue weighted by Crippen LogP contribution is 2.28. The van der Waals surface area contributed by atoms with Gasteiger partial charge in [0.05, 0.1) is 7.11 Å². The summed E-state index contributed by atoms with van der Waals surface area (Å²) in [5.74, 6) is 0.936. The van der Waals surface area contributed by atoms with Gasteiger partial charge in [0.15, 0.2) is 0 Å². The Bertz CT molecular complexity index is 394. The summed E-state index contributed by atoms with van der Waals surface area (Å²) in [5, 5.41) is 0. The third kappa shape index (κ3) is 2.05. The highest BCUT2D eigenvalue weighted by molar-refractivity contribution is 5.61. The van der Waals surface area contributed by atoms with Gasteiger partial charge in [-0.25, -0.2) is 0 Å². The Morgan fingerprint density at radius 1 is 1.33 bits per heavy atom. The zero-order valence-corrected chi connectivity index (χ0v) is 9.29. The Morgan fingerprint density at radius 2 is 2.13 bits per heavy atom. The smallest absolute Gasteiger partial charge is 0.119 e. The standard InChI is InChI=1S/C13H17NO/c1-9(14)10-3-4-12-8-13(15-2)6-5-11(12)7-10/h5-9H,3-4,14H2,1-2H3. The Morgan fingerprint density at radius 3 is 2.80 bits per heavy atom. The van der Waals surface area contributed by atoms with Gasteiger partial charge in [-0.1, -0.05) is 17.7 Å². The van der Waals surface area contributed by atoms with Gasteiger partial charge in [-0.3, -0.25) is 0 Å². The fourth-order valence-corrected chi connectivity index (χ4v) is 1.98. The second-order valence-corrected chi connectivity index (χ2v) is 4.07. The molecule has 0 radical (unpaired) electrons. The van der Waals surface area contributed by atoms with Gasteiger partial charge in [-0.05, 0) is 43.0 Å². The first kappa shape index (κ1) is 10.2. The molecule has 15 heavy (non-hydrogen) atoms. The first-order valence-electron chi connectivity index (χ1n) is 5.33. The van der Waals surface area contributed by atoms with E-state index in [2.05, 4.69) is 18.2 Å². The normalized spacial score (nSPS) is 16.6. The van der Waals surface area contributed by atoms with Crippen molar-refractivity contribution < 1.29 is 4.74 Å². The number of ether oxygens (including phenoxy) is 1. The van der Waals surface area contributed by atoms with E-state index in [0.717, 1.165) is 18.6 Å². The molecule has 0 aliphatic heterocycles. The van der Waals surface area contributed by atoms with Crippen LogP contribution in [0.1, 0.15) is 24.5 Å². The molecule has 1 aliphatic rings. The minimum atomic E-state index is 0.167. The molecule has 0 aromatic heterocycles. The number of hydrogen-bond acceptors (Lipinski definition) is 2. The lowest BCUT2D eigenvalue weighted by Crippen LogP contribution is -2.20. The highest BCUT2D eigenvalue weighted by Gasteiger charge is 2.13. The van der Waals surface area contributed by atoms with Crippen LogP contribution < -0.4 is 10.5 Å². The van der Waals surface area contributed by atoms with Crippen LogP contribution in [-0.4, -0.2) is 13.2 Å². The van der Waals surface area contributed by atoms with Gasteiger partial charge in [0, 0.05) is 6.04 Å². The number of fused-ring (bicyclic) bond motifs is 1. The van der Waals surface area contributed by atoms with Crippen LogP contribution in [0.4, 0.5) is 0 Å². The van der Waals surface area contributed by atoms with Crippen LogP contribution in [0.5, 0.6) is 5.75 Å². The van der Waals surface area contributed by atoms with Gasteiger partial charge in [0.1, 0.15) is 5.75 Å². The maximum absolute atomic E-state index is 5.89. The maximum Gasteiger partial charge on any atom is 0.119 e. The van der Waals surface area contributed by atoms with E-state index in [9.17, 15) is 0 Å². The molecule has 0 fully saturated rings. The van der Waals surface area contributed by atoms with Crippen LogP contribution in [0.25, 0.3) is 6.08 Å². The van der Waals surface area contributed by atoms with E-state index in [0.29, 0.717) is 0 Å². The summed E-state index contributed by atoms with van der Waals surface area (Å²) in [6, 6.07) is 6.39. The third-order valence-electron chi connectivity index (χ3n) is 2.96. The topological polar surface area (TPSA) is 35.2 Å². The predicted octanol–water partition coefficient (Wildman–Crippen LogP) is 2.37. The monoisotopic (exact) mass is 203 g/mol. The highest BCUT2D eigenvalue weighted by atomic mass is 16.5. The molecule has 0 spiro atoms. The first-order chi connectivity index (χ1) is 7.20. The maximum atomic E-state index is 5.89. The van der Waals surface area contributed by atoms with E-state index >= 15 is 0 Å². The molecule has 80 valence electrons. The van der Waals surface area contributed by atoms with E-state index in [1.165, 1.54) is 16.7 Å². The third-order valence-corrected chi connectivity index (χ3v) is 2.96. The molecule has 1 aromatic rings. The molecule has 2 N–H and O–H groups in total. The molecular weight excluding hydrogens is 186 g/mol. The molecular formula is C13H17NO. The van der Waals surface area contributed by atoms with E-state index in [1.54, 1.807) is 7.11 Å². The zero-order valence-electron chi connectivity index (χ0n) is 9.29. The molecule has 2 nitrogen and oxygen atoms in total. The van der Waals surface area contributed by atoms with Crippen molar-refractivity contribution in [1.82, 2.24) is 0 Å². The van der Waals surface area contributed by atoms with Crippen molar-refractivity contribution in [3.8, 4) is 5.75 Å². The average Bonchev–Trinajstić information content (AvgIpc) is 2.27. The molecule has 2 heteroatoms. The Labute approximate surface area is 90.7 Å². The van der Waals surface area contributed by atoms with Crippen molar-refractivity contribution in [2.45, 2.75) is 25.8 Å². The van der Waals surface area contributed by atoms with Crippen molar-refractivity contribution >= 4 is 6.08 Å². The molecule has 0 amide bonds. The molecule has 2 rings (SSSR count). The van der Waals surface area contributed by atoms with Gasteiger partial charge in [-0.15, -0.1) is 0 Å². The number of benzene rings is 1. The fraction of sp³-hybridized carbons (Fsp3) is 0.385. The SMILES string of the molecule is COc1ccc2c(c1)CCC(C(C)N)=C2. The predicted molar refractivity (Wildman–Crippen MR) is 62.9 cm³/mol. The second kappa shape index (κ2) is 4.07. The quantitative estimate of drug-likeness (QED) is 0.801. The van der Waals surface area contributed by atoms with Crippen molar-refractivity contribution in [1.29, 1.82) is 0 Å². The lowest BCUT2D eigenvalue weighted by molar-refractivity contribution is 0.414. The molecule has 1 unspecified atom stereocenters. The van der Waals surface area contributed by atoms with E-state index in [1.807, 2.05) is 13.0 Å². The van der Waals surface area contributed by atoms with Crippen LogP contribution in [0.3, 0.4) is 0 Å². The second-order valence-electron chi connectivity index (χ2n) is 4.07. The summed E-state index contributed by atoms with van der Waals surface area (Å²) in [6.45, 7) is 2.04. The van der Waals surface area contributed by atoms with Gasteiger partial charge in [0.2, 0.25) is 0 Å². The Hall–Kier alpha value is -1.28. The van der Waals surface area contributed by atoms with Crippen molar-refractivity contribution in [3.05, 3.63) is 34.9 Å². The summed E-state index contributed by atoms with van der Waals surface area (Å²) < 4.78 is 5.21. The van der Waals surface area contributed by atoms with Crippen LogP contribution in [0, 0.1) is 0 Å². The van der Waals surface area contributed by atoms with Crippen LogP contribution in [-0.2, 0) is 6.42 Å². The van der Waals surface area contributed by atoms with E-state index in [4.69, 9.17) is 10.5 Å². The summed E-state index contributed by atoms with van der Waals surface area (Å²) in [6.07, 6.45) is 4.35. The molecule has 0 bridgehead atoms. The molecule has 1 atom stereocenters. The van der Waals surface area contributed by atoms with Gasteiger partial charge in [0.25, 0.3) is 0 Å². The average molecular weight is 203 g/mol. The number of methoxy groups -OCH3 is 1. The van der Waals surface area contributed by atoms with Gasteiger partial charge in [-0.2, -0.15) is 0 Å². The Balaban J connectivity index is 2.36. The number of nitrogens with two attached hydrogens (primary N) is 1. The summed E-state index contributed by atoms with van der Waals surface area (Å²) in [7, 11) is 1.70. The van der Waals surface area contributed by atoms with Crippen molar-refractivity contribution in [2.24, 2.45) is 5.73 Å². The van der Waals surface area contributed by atoms with E-state index < -0.39 is 0 Å². The lowest BCUT2D eigenvalue weighted by Gasteiger charge is -2.19. The molecule has 1 aromatic carbocycles. The summed E-state index contributed by atoms with van der Waals surface area (Å²) in [4.78, 5) is 0. The van der Waals surface area contributed by atoms with Crippen LogP contribution in [0.15, 0.2) is 23.8 Å². The zero-order chi connectivity index (χ0) is 10.8. The molecule has 0 saturated carbocycles. The minimum Gasteiger partial charge on any atom is -0.497 e.